The van der Waals surface area contributed by atoms with E-state index in [1.807, 2.05) is 0 Å². The van der Waals surface area contributed by atoms with Crippen LogP contribution in [-0.4, -0.2) is 57.8 Å². The molecule has 6 heteroatoms. The second-order valence-corrected chi connectivity index (χ2v) is 2.92. The van der Waals surface area contributed by atoms with E-state index in [9.17, 15) is 4.79 Å². The summed E-state index contributed by atoms with van der Waals surface area (Å²) in [7, 11) is 0. The van der Waals surface area contributed by atoms with Gasteiger partial charge in [-0.25, -0.2) is 0 Å². The molecule has 1 unspecified atom stereocenters. The van der Waals surface area contributed by atoms with Crippen molar-refractivity contribution in [2.75, 3.05) is 19.8 Å². The highest BCUT2D eigenvalue weighted by atomic mass is 16.3. The normalized spacial score (nSPS) is 13.9. The first-order chi connectivity index (χ1) is 6.01. The third-order valence-corrected chi connectivity index (χ3v) is 1.68. The lowest BCUT2D eigenvalue weighted by molar-refractivity contribution is -0.132. The zero-order valence-electron chi connectivity index (χ0n) is 7.40. The van der Waals surface area contributed by atoms with Crippen LogP contribution in [0.1, 0.15) is 6.92 Å². The zero-order chi connectivity index (χ0) is 10.5. The van der Waals surface area contributed by atoms with Crippen LogP contribution in [0.2, 0.25) is 0 Å². The van der Waals surface area contributed by atoms with Gasteiger partial charge in [0, 0.05) is 0 Å². The molecule has 0 spiro atoms. The van der Waals surface area contributed by atoms with Gasteiger partial charge < -0.3 is 25.7 Å². The first-order valence-electron chi connectivity index (χ1n) is 3.84. The maximum absolute atomic E-state index is 10.9. The molecule has 0 bridgehead atoms. The van der Waals surface area contributed by atoms with Crippen molar-refractivity contribution in [1.82, 2.24) is 5.32 Å². The van der Waals surface area contributed by atoms with Gasteiger partial charge in [0.05, 0.1) is 19.8 Å². The fourth-order valence-electron chi connectivity index (χ4n) is 0.634. The van der Waals surface area contributed by atoms with Crippen molar-refractivity contribution < 1.29 is 25.2 Å². The van der Waals surface area contributed by atoms with Crippen molar-refractivity contribution >= 4 is 5.91 Å². The molecule has 0 aromatic heterocycles. The Labute approximate surface area is 75.8 Å². The second-order valence-electron chi connectivity index (χ2n) is 2.92. The maximum Gasteiger partial charge on any atom is 0.249 e. The van der Waals surface area contributed by atoms with E-state index in [1.165, 1.54) is 6.92 Å². The minimum Gasteiger partial charge on any atom is -0.394 e. The lowest BCUT2D eigenvalue weighted by Gasteiger charge is -2.29. The molecule has 0 rings (SSSR count). The molecule has 0 saturated heterocycles. The smallest absolute Gasteiger partial charge is 0.249 e. The Morgan fingerprint density at radius 1 is 1.31 bits per heavy atom. The number of carbonyl (C=O) groups excluding carboxylic acids is 1. The van der Waals surface area contributed by atoms with Crippen molar-refractivity contribution in [3.63, 3.8) is 0 Å². The number of hydrogen-bond acceptors (Lipinski definition) is 5. The summed E-state index contributed by atoms with van der Waals surface area (Å²) in [4.78, 5) is 10.9. The van der Waals surface area contributed by atoms with Crippen molar-refractivity contribution in [3.8, 4) is 0 Å². The quantitative estimate of drug-likeness (QED) is 0.324. The van der Waals surface area contributed by atoms with Gasteiger partial charge in [0.15, 0.2) is 0 Å². The second kappa shape index (κ2) is 5.13. The van der Waals surface area contributed by atoms with Gasteiger partial charge >= 0.3 is 0 Å². The van der Waals surface area contributed by atoms with Gasteiger partial charge in [0.25, 0.3) is 0 Å². The highest BCUT2D eigenvalue weighted by molar-refractivity contribution is 5.80. The summed E-state index contributed by atoms with van der Waals surface area (Å²) >= 11 is 0. The Hall–Kier alpha value is -0.690. The number of amides is 1. The molecule has 0 fully saturated rings. The molecule has 0 aromatic rings. The number of aliphatic hydroxyl groups excluding tert-OH is 4. The Morgan fingerprint density at radius 2 is 1.69 bits per heavy atom. The Morgan fingerprint density at radius 3 is 1.92 bits per heavy atom. The molecule has 0 aromatic carbocycles. The predicted molar refractivity (Wildman–Crippen MR) is 43.8 cm³/mol. The predicted octanol–water partition coefficient (Wildman–Crippen LogP) is -2.80. The van der Waals surface area contributed by atoms with Crippen LogP contribution in [0, 0.1) is 0 Å². The Bertz CT molecular complexity index is 158. The van der Waals surface area contributed by atoms with Gasteiger partial charge in [0.1, 0.15) is 11.6 Å². The van der Waals surface area contributed by atoms with E-state index in [-0.39, 0.29) is 0 Å². The minimum absolute atomic E-state index is 0.599. The van der Waals surface area contributed by atoms with Gasteiger partial charge in [-0.05, 0) is 6.92 Å². The first kappa shape index (κ1) is 12.3. The summed E-state index contributed by atoms with van der Waals surface area (Å²) < 4.78 is 0. The van der Waals surface area contributed by atoms with Crippen LogP contribution in [-0.2, 0) is 4.79 Å². The average Bonchev–Trinajstić information content (AvgIpc) is 2.14. The molecule has 0 radical (unpaired) electrons. The van der Waals surface area contributed by atoms with Crippen LogP contribution in [0.3, 0.4) is 0 Å². The van der Waals surface area contributed by atoms with E-state index in [0.717, 1.165) is 0 Å². The summed E-state index contributed by atoms with van der Waals surface area (Å²) in [5.41, 5.74) is -1.46. The molecule has 1 atom stereocenters. The van der Waals surface area contributed by atoms with Gasteiger partial charge in [0.2, 0.25) is 5.91 Å². The minimum atomic E-state index is -1.46. The summed E-state index contributed by atoms with van der Waals surface area (Å²) in [5, 5.41) is 37.3. The third-order valence-electron chi connectivity index (χ3n) is 1.68. The molecule has 0 aliphatic heterocycles. The van der Waals surface area contributed by atoms with Crippen LogP contribution >= 0.6 is 0 Å². The molecule has 0 saturated carbocycles. The van der Waals surface area contributed by atoms with Crippen LogP contribution in [0.25, 0.3) is 0 Å². The summed E-state index contributed by atoms with van der Waals surface area (Å²) in [5.74, 6) is -0.753. The van der Waals surface area contributed by atoms with E-state index in [0.29, 0.717) is 0 Å². The van der Waals surface area contributed by atoms with Gasteiger partial charge in [-0.2, -0.15) is 0 Å². The van der Waals surface area contributed by atoms with Crippen molar-refractivity contribution in [1.29, 1.82) is 0 Å². The van der Waals surface area contributed by atoms with Crippen molar-refractivity contribution in [2.45, 2.75) is 18.6 Å². The average molecular weight is 193 g/mol. The van der Waals surface area contributed by atoms with E-state index >= 15 is 0 Å². The van der Waals surface area contributed by atoms with Crippen LogP contribution in [0.4, 0.5) is 0 Å². The molecular formula is C7H15NO5. The van der Waals surface area contributed by atoms with E-state index in [1.54, 1.807) is 0 Å². The molecular weight excluding hydrogens is 178 g/mol. The SMILES string of the molecule is CC(O)C(=O)NC(CO)(CO)CO. The molecule has 78 valence electrons. The van der Waals surface area contributed by atoms with Gasteiger partial charge in [-0.15, -0.1) is 0 Å². The molecule has 0 heterocycles. The molecule has 5 N–H and O–H groups in total. The zero-order valence-corrected chi connectivity index (χ0v) is 7.40. The number of aliphatic hydroxyl groups is 4. The summed E-state index contributed by atoms with van der Waals surface area (Å²) in [6.07, 6.45) is -1.25. The maximum atomic E-state index is 10.9. The number of rotatable bonds is 5. The molecule has 0 aliphatic rings. The Balaban J connectivity index is 4.33. The molecule has 1 amide bonds. The van der Waals surface area contributed by atoms with Gasteiger partial charge in [-0.3, -0.25) is 4.79 Å². The van der Waals surface area contributed by atoms with E-state index in [2.05, 4.69) is 5.32 Å². The topological polar surface area (TPSA) is 110 Å². The van der Waals surface area contributed by atoms with E-state index < -0.39 is 37.4 Å². The van der Waals surface area contributed by atoms with Crippen LogP contribution < -0.4 is 5.32 Å². The van der Waals surface area contributed by atoms with E-state index in [4.69, 9.17) is 20.4 Å². The lowest BCUT2D eigenvalue weighted by Crippen LogP contribution is -2.58. The highest BCUT2D eigenvalue weighted by Crippen LogP contribution is 2.01. The number of carbonyl (C=O) groups is 1. The lowest BCUT2D eigenvalue weighted by atomic mass is 10.0. The summed E-state index contributed by atoms with van der Waals surface area (Å²) in [6, 6.07) is 0. The fourth-order valence-corrected chi connectivity index (χ4v) is 0.634. The van der Waals surface area contributed by atoms with Crippen LogP contribution in [0.5, 0.6) is 0 Å². The third kappa shape index (κ3) is 3.27. The van der Waals surface area contributed by atoms with Gasteiger partial charge in [-0.1, -0.05) is 0 Å². The molecule has 13 heavy (non-hydrogen) atoms. The van der Waals surface area contributed by atoms with Crippen LogP contribution in [0.15, 0.2) is 0 Å². The Kier molecular flexibility index (Phi) is 4.86. The molecule has 6 nitrogen and oxygen atoms in total. The fraction of sp³-hybridized carbons (Fsp3) is 0.857. The number of nitrogens with one attached hydrogen (secondary N) is 1. The highest BCUT2D eigenvalue weighted by Gasteiger charge is 2.30. The number of hydrogen-bond donors (Lipinski definition) is 5. The monoisotopic (exact) mass is 193 g/mol. The van der Waals surface area contributed by atoms with Crippen molar-refractivity contribution in [2.24, 2.45) is 0 Å². The summed E-state index contributed by atoms with van der Waals surface area (Å²) in [6.45, 7) is -0.554. The largest absolute Gasteiger partial charge is 0.394 e. The standard InChI is InChI=1S/C7H15NO5/c1-5(12)6(13)8-7(2-9,3-10)4-11/h5,9-12H,2-4H2,1H3,(H,8,13). The first-order valence-corrected chi connectivity index (χ1v) is 3.84. The van der Waals surface area contributed by atoms with Crippen molar-refractivity contribution in [3.05, 3.63) is 0 Å². The molecule has 0 aliphatic carbocycles.